The molecule has 1 aliphatic carbocycles. The Morgan fingerprint density at radius 1 is 1.20 bits per heavy atom. The normalized spacial score (nSPS) is 19.3. The molecule has 35 heavy (non-hydrogen) atoms. The number of benzene rings is 1. The summed E-state index contributed by atoms with van der Waals surface area (Å²) in [7, 11) is 0. The van der Waals surface area contributed by atoms with Crippen molar-refractivity contribution in [2.75, 3.05) is 5.32 Å². The van der Waals surface area contributed by atoms with Crippen LogP contribution in [-0.2, 0) is 11.3 Å². The van der Waals surface area contributed by atoms with Crippen molar-refractivity contribution in [1.82, 2.24) is 15.1 Å². The second kappa shape index (κ2) is 11.6. The number of allylic oxidation sites excluding steroid dienone is 3. The molecule has 8 heteroatoms. The highest BCUT2D eigenvalue weighted by molar-refractivity contribution is 6.20. The number of hydrogen-bond donors (Lipinski definition) is 4. The summed E-state index contributed by atoms with van der Waals surface area (Å²) >= 11 is 0. The summed E-state index contributed by atoms with van der Waals surface area (Å²) < 4.78 is 1.57. The first-order valence-electron chi connectivity index (χ1n) is 12.1. The van der Waals surface area contributed by atoms with Gasteiger partial charge in [-0.2, -0.15) is 5.10 Å². The molecule has 6 N–H and O–H groups in total. The maximum Gasteiger partial charge on any atom is 0.270 e. The second-order valence-corrected chi connectivity index (χ2v) is 9.47. The van der Waals surface area contributed by atoms with Gasteiger partial charge in [0, 0.05) is 24.5 Å². The lowest BCUT2D eigenvalue weighted by atomic mass is 9.79. The van der Waals surface area contributed by atoms with Gasteiger partial charge in [-0.3, -0.25) is 19.7 Å². The van der Waals surface area contributed by atoms with Crippen LogP contribution in [0.4, 0.5) is 5.69 Å². The fourth-order valence-electron chi connectivity index (χ4n) is 4.73. The molecule has 2 aromatic rings. The summed E-state index contributed by atoms with van der Waals surface area (Å²) in [6, 6.07) is 8.39. The van der Waals surface area contributed by atoms with Gasteiger partial charge in [-0.1, -0.05) is 38.0 Å². The number of nitrogens with one attached hydrogen (secondary N) is 2. The molecule has 1 aromatic carbocycles. The number of nitrogens with two attached hydrogens (primary N) is 2. The number of carbonyl (C=O) groups is 2. The zero-order valence-electron chi connectivity index (χ0n) is 20.9. The van der Waals surface area contributed by atoms with E-state index < -0.39 is 6.04 Å². The molecule has 0 aliphatic heterocycles. The highest BCUT2D eigenvalue weighted by Gasteiger charge is 2.33. The van der Waals surface area contributed by atoms with Crippen LogP contribution in [0, 0.1) is 11.8 Å². The minimum absolute atomic E-state index is 0.0640. The largest absolute Gasteiger partial charge is 0.402 e. The smallest absolute Gasteiger partial charge is 0.270 e. The fourth-order valence-corrected chi connectivity index (χ4v) is 4.73. The Kier molecular flexibility index (Phi) is 8.63. The fraction of sp³-hybridized carbons (Fsp3) is 0.407. The van der Waals surface area contributed by atoms with Gasteiger partial charge in [0.05, 0.1) is 12.1 Å². The van der Waals surface area contributed by atoms with Crippen LogP contribution < -0.4 is 21.8 Å². The predicted octanol–water partition coefficient (Wildman–Crippen LogP) is 2.54. The number of aromatic nitrogens is 2. The molecule has 2 amide bonds. The maximum atomic E-state index is 13.4. The molecule has 0 unspecified atom stereocenters. The van der Waals surface area contributed by atoms with Crippen LogP contribution in [0.25, 0.3) is 5.57 Å². The van der Waals surface area contributed by atoms with Crippen LogP contribution in [0.3, 0.4) is 0 Å². The van der Waals surface area contributed by atoms with Crippen molar-refractivity contribution in [1.29, 1.82) is 0 Å². The molecular weight excluding hydrogens is 440 g/mol. The predicted molar refractivity (Wildman–Crippen MR) is 139 cm³/mol. The molecule has 0 spiro atoms. The number of hydrogen-bond acceptors (Lipinski definition) is 4. The molecule has 1 fully saturated rings. The third kappa shape index (κ3) is 6.47. The quantitative estimate of drug-likeness (QED) is 0.327. The van der Waals surface area contributed by atoms with E-state index in [4.69, 9.17) is 11.1 Å². The second-order valence-electron chi connectivity index (χ2n) is 9.47. The Balaban J connectivity index is 1.79. The summed E-state index contributed by atoms with van der Waals surface area (Å²) in [6.07, 6.45) is 7.10. The van der Waals surface area contributed by atoms with Crippen molar-refractivity contribution >= 4 is 28.8 Å². The topological polar surface area (TPSA) is 128 Å². The number of anilines is 1. The van der Waals surface area contributed by atoms with Crippen LogP contribution in [0.1, 0.15) is 62.5 Å². The first-order valence-corrected chi connectivity index (χ1v) is 12.1. The lowest BCUT2D eigenvalue weighted by Gasteiger charge is -2.32. The van der Waals surface area contributed by atoms with Crippen LogP contribution in [-0.4, -0.2) is 33.3 Å². The van der Waals surface area contributed by atoms with Crippen molar-refractivity contribution in [3.63, 3.8) is 0 Å². The Bertz CT molecular complexity index is 1100. The minimum Gasteiger partial charge on any atom is -0.402 e. The molecule has 1 aromatic heterocycles. The SMILES string of the molecule is C=CCn1nccc1C(=O)N[C@H](C(=O)Nc1ccc(/C(C(C)=[NH2+])=C(\C)N)cc1)C1CCC(C)CC1. The Hall–Kier alpha value is -3.68. The van der Waals surface area contributed by atoms with Crippen molar-refractivity contribution in [3.8, 4) is 0 Å². The maximum absolute atomic E-state index is 13.4. The highest BCUT2D eigenvalue weighted by atomic mass is 16.2. The van der Waals surface area contributed by atoms with Crippen LogP contribution in [0.2, 0.25) is 0 Å². The van der Waals surface area contributed by atoms with Gasteiger partial charge < -0.3 is 16.4 Å². The number of amides is 2. The monoisotopic (exact) mass is 477 g/mol. The summed E-state index contributed by atoms with van der Waals surface area (Å²) in [5.74, 6) is 0.144. The standard InChI is InChI=1S/C27H36N6O2/c1-5-16-33-23(14-15-30-33)26(34)32-25(21-8-6-17(2)7-9-21)27(35)31-22-12-10-20(11-13-22)24(18(3)28)19(4)29/h5,10-15,17,21,25,28H,1,6-9,16,29H2,2-4H3,(H,31,35)(H,32,34)/p+1/b24-19+,28-18?/t17?,21?,25-/m0/s1. The van der Waals surface area contributed by atoms with Gasteiger partial charge in [-0.25, -0.2) is 0 Å². The summed E-state index contributed by atoms with van der Waals surface area (Å²) in [4.78, 5) is 26.5. The molecule has 1 aliphatic rings. The van der Waals surface area contributed by atoms with Crippen molar-refractivity contribution in [3.05, 3.63) is 66.1 Å². The Morgan fingerprint density at radius 2 is 1.86 bits per heavy atom. The molecule has 1 atom stereocenters. The van der Waals surface area contributed by atoms with Gasteiger partial charge in [-0.15, -0.1) is 6.58 Å². The van der Waals surface area contributed by atoms with Gasteiger partial charge in [0.1, 0.15) is 11.7 Å². The van der Waals surface area contributed by atoms with Crippen LogP contribution >= 0.6 is 0 Å². The number of rotatable bonds is 9. The Morgan fingerprint density at radius 3 is 2.43 bits per heavy atom. The van der Waals surface area contributed by atoms with E-state index in [0.29, 0.717) is 35.3 Å². The molecule has 1 saturated carbocycles. The van der Waals surface area contributed by atoms with E-state index in [1.165, 1.54) is 0 Å². The van der Waals surface area contributed by atoms with Crippen LogP contribution in [0.5, 0.6) is 0 Å². The van der Waals surface area contributed by atoms with E-state index in [0.717, 1.165) is 36.8 Å². The molecule has 0 radical (unpaired) electrons. The van der Waals surface area contributed by atoms with E-state index >= 15 is 0 Å². The van der Waals surface area contributed by atoms with E-state index in [1.807, 2.05) is 24.3 Å². The first kappa shape index (κ1) is 25.9. The molecule has 0 bridgehead atoms. The lowest BCUT2D eigenvalue weighted by molar-refractivity contribution is -0.119. The van der Waals surface area contributed by atoms with E-state index in [9.17, 15) is 9.59 Å². The van der Waals surface area contributed by atoms with Gasteiger partial charge >= 0.3 is 0 Å². The molecule has 8 nitrogen and oxygen atoms in total. The summed E-state index contributed by atoms with van der Waals surface area (Å²) in [5, 5.41) is 16.2. The molecule has 0 saturated heterocycles. The van der Waals surface area contributed by atoms with Crippen molar-refractivity contribution in [2.24, 2.45) is 17.6 Å². The third-order valence-corrected chi connectivity index (χ3v) is 6.58. The summed E-state index contributed by atoms with van der Waals surface area (Å²) in [6.45, 7) is 9.97. The molecule has 3 rings (SSSR count). The number of nitrogens with zero attached hydrogens (tertiary/aromatic N) is 2. The minimum atomic E-state index is -0.650. The highest BCUT2D eigenvalue weighted by Crippen LogP contribution is 2.31. The van der Waals surface area contributed by atoms with Crippen molar-refractivity contribution < 1.29 is 15.0 Å². The number of carbonyl (C=O) groups excluding carboxylic acids is 2. The lowest BCUT2D eigenvalue weighted by Crippen LogP contribution is -2.49. The van der Waals surface area contributed by atoms with Crippen LogP contribution in [0.15, 0.2) is 54.9 Å². The van der Waals surface area contributed by atoms with Gasteiger partial charge in [0.25, 0.3) is 5.91 Å². The molecular formula is C27H37N6O2+. The Labute approximate surface area is 207 Å². The van der Waals surface area contributed by atoms with E-state index in [2.05, 4.69) is 29.2 Å². The zero-order valence-corrected chi connectivity index (χ0v) is 20.9. The van der Waals surface area contributed by atoms with E-state index in [-0.39, 0.29) is 17.7 Å². The molecule has 1 heterocycles. The third-order valence-electron chi connectivity index (χ3n) is 6.58. The van der Waals surface area contributed by atoms with Gasteiger partial charge in [0.15, 0.2) is 5.71 Å². The van der Waals surface area contributed by atoms with E-state index in [1.54, 1.807) is 36.9 Å². The van der Waals surface area contributed by atoms with Gasteiger partial charge in [0.2, 0.25) is 5.91 Å². The summed E-state index contributed by atoms with van der Waals surface area (Å²) in [5.41, 5.74) is 9.97. The van der Waals surface area contributed by atoms with Gasteiger partial charge in [-0.05, 0) is 55.4 Å². The first-order chi connectivity index (χ1) is 16.7. The zero-order chi connectivity index (χ0) is 25.5. The average molecular weight is 478 g/mol. The average Bonchev–Trinajstić information content (AvgIpc) is 3.27. The van der Waals surface area contributed by atoms with Crippen molar-refractivity contribution in [2.45, 2.75) is 59.0 Å². The molecule has 186 valence electrons.